The number of carbonyl (C=O) groups is 1. The van der Waals surface area contributed by atoms with E-state index in [9.17, 15) is 4.79 Å². The molecule has 0 bridgehead atoms. The lowest BCUT2D eigenvalue weighted by atomic mass is 10.2. The van der Waals surface area contributed by atoms with Gasteiger partial charge in [0.2, 0.25) is 0 Å². The molecule has 0 saturated heterocycles. The van der Waals surface area contributed by atoms with Crippen LogP contribution in [0.4, 0.5) is 0 Å². The van der Waals surface area contributed by atoms with E-state index < -0.39 is 0 Å². The molecule has 7 heteroatoms. The highest BCUT2D eigenvalue weighted by molar-refractivity contribution is 7.08. The van der Waals surface area contributed by atoms with Gasteiger partial charge >= 0.3 is 0 Å². The van der Waals surface area contributed by atoms with E-state index in [2.05, 4.69) is 31.7 Å². The van der Waals surface area contributed by atoms with Gasteiger partial charge in [0.1, 0.15) is 17.2 Å². The van der Waals surface area contributed by atoms with Gasteiger partial charge in [0, 0.05) is 17.6 Å². The van der Waals surface area contributed by atoms with Gasteiger partial charge in [-0.1, -0.05) is 35.7 Å². The van der Waals surface area contributed by atoms with Gasteiger partial charge in [-0.05, 0) is 36.2 Å². The van der Waals surface area contributed by atoms with Crippen LogP contribution in [0, 0.1) is 11.8 Å². The highest BCUT2D eigenvalue weighted by Crippen LogP contribution is 2.18. The number of hydrogen-bond donors (Lipinski definition) is 1. The first kappa shape index (κ1) is 17.8. The molecule has 0 spiro atoms. The number of hydrogen-bond acceptors (Lipinski definition) is 6. The molecular formula is C19H18N4O2S. The number of benzene rings is 1. The summed E-state index contributed by atoms with van der Waals surface area (Å²) in [5.41, 5.74) is 1.63. The minimum atomic E-state index is -0.181. The molecule has 26 heavy (non-hydrogen) atoms. The summed E-state index contributed by atoms with van der Waals surface area (Å²) in [7, 11) is 0. The Morgan fingerprint density at radius 1 is 1.31 bits per heavy atom. The Hall–Kier alpha value is -2.98. The van der Waals surface area contributed by atoms with Crippen LogP contribution in [-0.2, 0) is 6.42 Å². The van der Waals surface area contributed by atoms with E-state index >= 15 is 0 Å². The molecule has 0 saturated carbocycles. The highest BCUT2D eigenvalue weighted by atomic mass is 32.1. The number of aromatic nitrogens is 3. The molecule has 1 N–H and O–H groups in total. The standard InChI is InChI=1S/C19H18N4O2S/c1-2-6-16-18(26-23-22-16)19(24)21-10-3-4-12-25-15-9-8-14-7-5-11-20-17(14)13-15/h5,7-9,11,13H,2,6,10,12H2,1H3,(H,21,24). The molecule has 132 valence electrons. The normalized spacial score (nSPS) is 10.2. The molecule has 0 radical (unpaired) electrons. The van der Waals surface area contributed by atoms with Crippen molar-refractivity contribution in [3.63, 3.8) is 0 Å². The van der Waals surface area contributed by atoms with Crippen LogP contribution in [0.5, 0.6) is 5.75 Å². The first-order valence-electron chi connectivity index (χ1n) is 8.30. The van der Waals surface area contributed by atoms with E-state index in [0.717, 1.165) is 46.7 Å². The average Bonchev–Trinajstić information content (AvgIpc) is 3.13. The maximum absolute atomic E-state index is 12.1. The molecule has 0 fully saturated rings. The third-order valence-electron chi connectivity index (χ3n) is 3.60. The first-order valence-corrected chi connectivity index (χ1v) is 9.08. The van der Waals surface area contributed by atoms with Gasteiger partial charge in [-0.2, -0.15) is 0 Å². The zero-order valence-corrected chi connectivity index (χ0v) is 15.2. The van der Waals surface area contributed by atoms with E-state index in [1.165, 1.54) is 0 Å². The Balaban J connectivity index is 1.46. The fraction of sp³-hybridized carbons (Fsp3) is 0.263. The fourth-order valence-electron chi connectivity index (χ4n) is 2.36. The van der Waals surface area contributed by atoms with Crippen molar-refractivity contribution in [2.24, 2.45) is 0 Å². The molecule has 6 nitrogen and oxygen atoms in total. The summed E-state index contributed by atoms with van der Waals surface area (Å²) in [6.07, 6.45) is 3.42. The summed E-state index contributed by atoms with van der Waals surface area (Å²) < 4.78 is 9.44. The Kier molecular flexibility index (Phi) is 6.12. The fourth-order valence-corrected chi connectivity index (χ4v) is 2.98. The minimum Gasteiger partial charge on any atom is -0.481 e. The van der Waals surface area contributed by atoms with Crippen molar-refractivity contribution in [2.75, 3.05) is 13.2 Å². The van der Waals surface area contributed by atoms with Gasteiger partial charge in [0.05, 0.1) is 17.8 Å². The molecule has 0 atom stereocenters. The summed E-state index contributed by atoms with van der Waals surface area (Å²) in [4.78, 5) is 16.9. The van der Waals surface area contributed by atoms with Gasteiger partial charge in [-0.25, -0.2) is 0 Å². The third-order valence-corrected chi connectivity index (χ3v) is 4.37. The second-order valence-corrected chi connectivity index (χ2v) is 6.24. The predicted octanol–water partition coefficient (Wildman–Crippen LogP) is 2.85. The van der Waals surface area contributed by atoms with Crippen LogP contribution < -0.4 is 10.1 Å². The van der Waals surface area contributed by atoms with Crippen LogP contribution in [0.3, 0.4) is 0 Å². The minimum absolute atomic E-state index is 0.181. The lowest BCUT2D eigenvalue weighted by Gasteiger charge is -2.03. The number of nitrogens with one attached hydrogen (secondary N) is 1. The maximum atomic E-state index is 12.1. The van der Waals surface area contributed by atoms with Crippen LogP contribution >= 0.6 is 11.5 Å². The number of amides is 1. The van der Waals surface area contributed by atoms with Crippen LogP contribution in [0.1, 0.15) is 28.7 Å². The van der Waals surface area contributed by atoms with E-state index in [1.54, 1.807) is 6.20 Å². The van der Waals surface area contributed by atoms with E-state index in [4.69, 9.17) is 4.74 Å². The Morgan fingerprint density at radius 3 is 3.12 bits per heavy atom. The summed E-state index contributed by atoms with van der Waals surface area (Å²) >= 11 is 1.11. The SMILES string of the molecule is CCCc1nnsc1C(=O)NCC#CCOc1ccc2cccnc2c1. The number of carbonyl (C=O) groups excluding carboxylic acids is 1. The molecule has 0 aliphatic heterocycles. The smallest absolute Gasteiger partial charge is 0.265 e. The third kappa shape index (κ3) is 4.55. The van der Waals surface area contributed by atoms with Gasteiger partial charge in [0.25, 0.3) is 5.91 Å². The summed E-state index contributed by atoms with van der Waals surface area (Å²) in [6, 6.07) is 9.63. The summed E-state index contributed by atoms with van der Waals surface area (Å²) in [6.45, 7) is 2.54. The molecule has 2 heterocycles. The molecule has 1 amide bonds. The van der Waals surface area contributed by atoms with Gasteiger partial charge < -0.3 is 10.1 Å². The first-order chi connectivity index (χ1) is 12.8. The van der Waals surface area contributed by atoms with Gasteiger partial charge in [-0.15, -0.1) is 5.10 Å². The van der Waals surface area contributed by atoms with Crippen LogP contribution in [0.2, 0.25) is 0 Å². The number of nitrogens with zero attached hydrogens (tertiary/aromatic N) is 3. The Morgan fingerprint density at radius 2 is 2.23 bits per heavy atom. The molecule has 2 aromatic heterocycles. The van der Waals surface area contributed by atoms with Crippen molar-refractivity contribution < 1.29 is 9.53 Å². The van der Waals surface area contributed by atoms with Crippen LogP contribution in [0.15, 0.2) is 36.5 Å². The van der Waals surface area contributed by atoms with Crippen molar-refractivity contribution in [2.45, 2.75) is 19.8 Å². The number of fused-ring (bicyclic) bond motifs is 1. The molecular weight excluding hydrogens is 348 g/mol. The highest BCUT2D eigenvalue weighted by Gasteiger charge is 2.14. The van der Waals surface area contributed by atoms with E-state index in [0.29, 0.717) is 4.88 Å². The number of ether oxygens (including phenoxy) is 1. The number of aryl methyl sites for hydroxylation is 1. The van der Waals surface area contributed by atoms with Crippen LogP contribution in [-0.4, -0.2) is 33.6 Å². The Bertz CT molecular complexity index is 959. The summed E-state index contributed by atoms with van der Waals surface area (Å²) in [5, 5.41) is 7.81. The lowest BCUT2D eigenvalue weighted by molar-refractivity contribution is 0.0961. The van der Waals surface area contributed by atoms with Crippen molar-refractivity contribution in [1.82, 2.24) is 19.9 Å². The zero-order valence-electron chi connectivity index (χ0n) is 14.4. The second-order valence-electron chi connectivity index (χ2n) is 5.48. The van der Waals surface area contributed by atoms with Crippen molar-refractivity contribution in [3.05, 3.63) is 47.1 Å². The molecule has 1 aromatic carbocycles. The second kappa shape index (κ2) is 8.92. The van der Waals surface area contributed by atoms with Gasteiger partial charge in [0.15, 0.2) is 0 Å². The predicted molar refractivity (Wildman–Crippen MR) is 101 cm³/mol. The Labute approximate surface area is 155 Å². The van der Waals surface area contributed by atoms with E-state index in [1.807, 2.05) is 37.3 Å². The molecule has 0 aliphatic carbocycles. The van der Waals surface area contributed by atoms with Crippen LogP contribution in [0.25, 0.3) is 10.9 Å². The largest absolute Gasteiger partial charge is 0.481 e. The van der Waals surface area contributed by atoms with Crippen molar-refractivity contribution in [1.29, 1.82) is 0 Å². The number of pyridine rings is 1. The zero-order chi connectivity index (χ0) is 18.2. The van der Waals surface area contributed by atoms with Gasteiger partial charge in [-0.3, -0.25) is 9.78 Å². The monoisotopic (exact) mass is 366 g/mol. The van der Waals surface area contributed by atoms with Crippen molar-refractivity contribution >= 4 is 28.3 Å². The number of rotatable bonds is 6. The topological polar surface area (TPSA) is 77.0 Å². The molecule has 3 rings (SSSR count). The van der Waals surface area contributed by atoms with Crippen molar-refractivity contribution in [3.8, 4) is 17.6 Å². The summed E-state index contributed by atoms with van der Waals surface area (Å²) in [5.74, 6) is 6.30. The molecule has 0 aliphatic rings. The molecule has 0 unspecified atom stereocenters. The average molecular weight is 366 g/mol. The quantitative estimate of drug-likeness (QED) is 0.679. The lowest BCUT2D eigenvalue weighted by Crippen LogP contribution is -2.23. The maximum Gasteiger partial charge on any atom is 0.265 e. The molecule has 3 aromatic rings. The van der Waals surface area contributed by atoms with E-state index in [-0.39, 0.29) is 19.1 Å².